The zero-order valence-corrected chi connectivity index (χ0v) is 16.7. The number of amides is 1. The molecule has 142 valence electrons. The maximum Gasteiger partial charge on any atom is 0.229 e. The largest absolute Gasteiger partial charge is 0.497 e. The number of thioether (sulfide) groups is 1. The van der Waals surface area contributed by atoms with Gasteiger partial charge in [0.25, 0.3) is 0 Å². The Labute approximate surface area is 169 Å². The zero-order valence-electron chi connectivity index (χ0n) is 15.9. The number of methoxy groups -OCH3 is 1. The van der Waals surface area contributed by atoms with Crippen LogP contribution < -0.4 is 9.64 Å². The van der Waals surface area contributed by atoms with Gasteiger partial charge in [-0.15, -0.1) is 0 Å². The van der Waals surface area contributed by atoms with Gasteiger partial charge in [-0.05, 0) is 42.3 Å². The molecule has 1 saturated heterocycles. The topological polar surface area (TPSA) is 56.6 Å². The van der Waals surface area contributed by atoms with Gasteiger partial charge in [0.2, 0.25) is 5.91 Å². The summed E-state index contributed by atoms with van der Waals surface area (Å²) in [6.07, 6.45) is 0.306. The van der Waals surface area contributed by atoms with Gasteiger partial charge < -0.3 is 9.64 Å². The van der Waals surface area contributed by atoms with E-state index in [2.05, 4.69) is 36.1 Å². The first-order valence-corrected chi connectivity index (χ1v) is 10.1. The molecule has 1 atom stereocenters. The molecular weight excluding hydrogens is 370 g/mol. The van der Waals surface area contributed by atoms with E-state index in [0.717, 1.165) is 22.0 Å². The lowest BCUT2D eigenvalue weighted by Crippen LogP contribution is -2.47. The maximum absolute atomic E-state index is 13.0. The Morgan fingerprint density at radius 1 is 1.21 bits per heavy atom. The molecule has 0 unspecified atom stereocenters. The number of hydrogen-bond donors (Lipinski definition) is 0. The highest BCUT2D eigenvalue weighted by Crippen LogP contribution is 2.43. The number of nitriles is 1. The van der Waals surface area contributed by atoms with Crippen molar-refractivity contribution in [3.05, 3.63) is 70.3 Å². The van der Waals surface area contributed by atoms with Crippen LogP contribution in [0.25, 0.3) is 0 Å². The van der Waals surface area contributed by atoms with Crippen molar-refractivity contribution in [2.45, 2.75) is 19.3 Å². The predicted octanol–water partition coefficient (Wildman–Crippen LogP) is 4.22. The van der Waals surface area contributed by atoms with Crippen molar-refractivity contribution >= 4 is 23.4 Å². The number of carbonyl (C=O) groups excluding carboxylic acids is 1. The van der Waals surface area contributed by atoms with Crippen LogP contribution in [-0.4, -0.2) is 30.5 Å². The van der Waals surface area contributed by atoms with Crippen molar-refractivity contribution in [2.24, 2.45) is 0 Å². The number of rotatable bonds is 3. The minimum absolute atomic E-state index is 0.0553. The van der Waals surface area contributed by atoms with E-state index in [1.165, 1.54) is 5.56 Å². The number of nitrogens with zero attached hydrogens (tertiary/aromatic N) is 3. The molecule has 1 fully saturated rings. The van der Waals surface area contributed by atoms with Crippen LogP contribution in [0.5, 0.6) is 5.75 Å². The van der Waals surface area contributed by atoms with Crippen LogP contribution in [0.1, 0.15) is 23.5 Å². The molecular formula is C22H21N3O2S. The van der Waals surface area contributed by atoms with Crippen molar-refractivity contribution in [1.82, 2.24) is 4.90 Å². The molecule has 5 nitrogen and oxygen atoms in total. The van der Waals surface area contributed by atoms with E-state index in [4.69, 9.17) is 4.74 Å². The van der Waals surface area contributed by atoms with Crippen LogP contribution in [-0.2, 0) is 4.79 Å². The second-order valence-electron chi connectivity index (χ2n) is 6.98. The molecule has 0 radical (unpaired) electrons. The standard InChI is InChI=1S/C22H21N3O2S/c1-15-4-3-5-17(10-15)24-13-25-21(26)11-19(20(12-23)22(25)28-14-24)16-6-8-18(27-2)9-7-16/h3-10,19H,11,13-14H2,1-2H3/t19-/m1/s1. The van der Waals surface area contributed by atoms with Gasteiger partial charge in [-0.25, -0.2) is 0 Å². The zero-order chi connectivity index (χ0) is 19.7. The van der Waals surface area contributed by atoms with Gasteiger partial charge in [0, 0.05) is 18.0 Å². The van der Waals surface area contributed by atoms with Crippen LogP contribution in [0, 0.1) is 18.3 Å². The summed E-state index contributed by atoms with van der Waals surface area (Å²) in [5.74, 6) is 1.33. The third-order valence-corrected chi connectivity index (χ3v) is 6.33. The molecule has 6 heteroatoms. The molecule has 1 amide bonds. The van der Waals surface area contributed by atoms with Crippen molar-refractivity contribution in [1.29, 1.82) is 5.26 Å². The molecule has 2 aliphatic rings. The van der Waals surface area contributed by atoms with Gasteiger partial charge in [-0.2, -0.15) is 5.26 Å². The molecule has 2 aromatic rings. The number of fused-ring (bicyclic) bond motifs is 1. The van der Waals surface area contributed by atoms with E-state index in [1.54, 1.807) is 23.8 Å². The van der Waals surface area contributed by atoms with Gasteiger partial charge in [0.1, 0.15) is 5.75 Å². The monoisotopic (exact) mass is 391 g/mol. The highest BCUT2D eigenvalue weighted by atomic mass is 32.2. The Bertz CT molecular complexity index is 978. The molecule has 4 rings (SSSR count). The van der Waals surface area contributed by atoms with E-state index in [-0.39, 0.29) is 11.8 Å². The number of hydrogen-bond acceptors (Lipinski definition) is 5. The second kappa shape index (κ2) is 7.61. The van der Waals surface area contributed by atoms with Crippen LogP contribution in [0.15, 0.2) is 59.1 Å². The summed E-state index contributed by atoms with van der Waals surface area (Å²) in [4.78, 5) is 16.9. The van der Waals surface area contributed by atoms with Crippen molar-refractivity contribution in [2.75, 3.05) is 24.6 Å². The molecule has 2 aliphatic heterocycles. The summed E-state index contributed by atoms with van der Waals surface area (Å²) in [6, 6.07) is 18.3. The Morgan fingerprint density at radius 2 is 2.00 bits per heavy atom. The summed E-state index contributed by atoms with van der Waals surface area (Å²) in [7, 11) is 1.62. The van der Waals surface area contributed by atoms with Crippen molar-refractivity contribution in [3.8, 4) is 11.8 Å². The summed E-state index contributed by atoms with van der Waals surface area (Å²) < 4.78 is 5.22. The van der Waals surface area contributed by atoms with Crippen LogP contribution in [0.3, 0.4) is 0 Å². The summed E-state index contributed by atoms with van der Waals surface area (Å²) in [5, 5.41) is 10.7. The second-order valence-corrected chi connectivity index (χ2v) is 7.91. The lowest BCUT2D eigenvalue weighted by Gasteiger charge is -2.42. The van der Waals surface area contributed by atoms with Crippen molar-refractivity contribution in [3.63, 3.8) is 0 Å². The van der Waals surface area contributed by atoms with Gasteiger partial charge in [0.15, 0.2) is 0 Å². The highest BCUT2D eigenvalue weighted by molar-refractivity contribution is 8.03. The molecule has 0 aliphatic carbocycles. The SMILES string of the molecule is COc1ccc([C@H]2CC(=O)N3CN(c4cccc(C)c4)CSC3=C2C#N)cc1. The van der Waals surface area contributed by atoms with Crippen LogP contribution in [0.4, 0.5) is 5.69 Å². The maximum atomic E-state index is 13.0. The van der Waals surface area contributed by atoms with Gasteiger partial charge in [-0.1, -0.05) is 36.0 Å². The average Bonchev–Trinajstić information content (AvgIpc) is 2.73. The van der Waals surface area contributed by atoms with Crippen LogP contribution >= 0.6 is 11.8 Å². The Hall–Kier alpha value is -2.91. The normalized spacial score (nSPS) is 19.3. The van der Waals surface area contributed by atoms with E-state index >= 15 is 0 Å². The fraction of sp³-hybridized carbons (Fsp3) is 0.273. The fourth-order valence-electron chi connectivity index (χ4n) is 3.67. The molecule has 0 N–H and O–H groups in total. The molecule has 0 spiro atoms. The molecule has 2 aromatic carbocycles. The first-order chi connectivity index (χ1) is 13.6. The number of carbonyl (C=O) groups is 1. The molecule has 0 aromatic heterocycles. The molecule has 2 heterocycles. The third-order valence-electron chi connectivity index (χ3n) is 5.18. The first-order valence-electron chi connectivity index (χ1n) is 9.13. The van der Waals surface area contributed by atoms with E-state index in [1.807, 2.05) is 30.3 Å². The van der Waals surface area contributed by atoms with Gasteiger partial charge in [-0.3, -0.25) is 9.69 Å². The minimum atomic E-state index is -0.201. The van der Waals surface area contributed by atoms with Crippen molar-refractivity contribution < 1.29 is 9.53 Å². The summed E-state index contributed by atoms with van der Waals surface area (Å²) in [6.45, 7) is 2.54. The van der Waals surface area contributed by atoms with Crippen LogP contribution in [0.2, 0.25) is 0 Å². The summed E-state index contributed by atoms with van der Waals surface area (Å²) in [5.41, 5.74) is 3.93. The van der Waals surface area contributed by atoms with E-state index < -0.39 is 0 Å². The molecule has 0 bridgehead atoms. The fourth-order valence-corrected chi connectivity index (χ4v) is 4.84. The molecule has 0 saturated carbocycles. The number of ether oxygens (including phenoxy) is 1. The Balaban J connectivity index is 1.65. The lowest BCUT2D eigenvalue weighted by molar-refractivity contribution is -0.129. The highest BCUT2D eigenvalue weighted by Gasteiger charge is 2.38. The third kappa shape index (κ3) is 3.34. The van der Waals surface area contributed by atoms with E-state index in [0.29, 0.717) is 24.5 Å². The quantitative estimate of drug-likeness (QED) is 0.784. The van der Waals surface area contributed by atoms with Gasteiger partial charge >= 0.3 is 0 Å². The van der Waals surface area contributed by atoms with Gasteiger partial charge in [0.05, 0.1) is 36.3 Å². The summed E-state index contributed by atoms with van der Waals surface area (Å²) >= 11 is 1.56. The Kier molecular flexibility index (Phi) is 5.01. The number of anilines is 1. The smallest absolute Gasteiger partial charge is 0.229 e. The minimum Gasteiger partial charge on any atom is -0.497 e. The number of benzene rings is 2. The number of allylic oxidation sites excluding steroid dienone is 1. The van der Waals surface area contributed by atoms with E-state index in [9.17, 15) is 10.1 Å². The lowest BCUT2D eigenvalue weighted by atomic mass is 9.86. The predicted molar refractivity (Wildman–Crippen MR) is 111 cm³/mol. The molecule has 28 heavy (non-hydrogen) atoms. The average molecular weight is 391 g/mol. The Morgan fingerprint density at radius 3 is 2.68 bits per heavy atom. The number of aryl methyl sites for hydroxylation is 1. The first kappa shape index (κ1) is 18.5.